The Balaban J connectivity index is 1.42. The number of hydrogen-bond acceptors (Lipinski definition) is 6. The molecule has 130 valence electrons. The first-order valence-electron chi connectivity index (χ1n) is 8.04. The van der Waals surface area contributed by atoms with Crippen LogP contribution in [0.1, 0.15) is 17.0 Å². The number of hydrogen-bond donors (Lipinski definition) is 0. The highest BCUT2D eigenvalue weighted by Crippen LogP contribution is 2.20. The van der Waals surface area contributed by atoms with Gasteiger partial charge >= 0.3 is 0 Å². The summed E-state index contributed by atoms with van der Waals surface area (Å²) >= 11 is 1.47. The highest BCUT2D eigenvalue weighted by Gasteiger charge is 2.08. The Bertz CT molecular complexity index is 820. The topological polar surface area (TPSA) is 57.4 Å². The molecule has 3 aromatic rings. The molecule has 1 aromatic heterocycles. The number of para-hydroxylation sites is 1. The first-order chi connectivity index (χ1) is 12.2. The van der Waals surface area contributed by atoms with E-state index in [0.717, 1.165) is 28.4 Å². The van der Waals surface area contributed by atoms with Gasteiger partial charge in [0.1, 0.15) is 11.5 Å². The fourth-order valence-corrected chi connectivity index (χ4v) is 2.80. The molecule has 0 aliphatic carbocycles. The van der Waals surface area contributed by atoms with Crippen LogP contribution in [0.4, 0.5) is 0 Å². The maximum absolute atomic E-state index is 5.75. The molecule has 6 heteroatoms. The van der Waals surface area contributed by atoms with Gasteiger partial charge in [-0.1, -0.05) is 42.1 Å². The molecule has 0 saturated heterocycles. The zero-order valence-electron chi connectivity index (χ0n) is 14.3. The predicted octanol–water partition coefficient (Wildman–Crippen LogP) is 4.44. The van der Waals surface area contributed by atoms with Gasteiger partial charge in [0.2, 0.25) is 0 Å². The second kappa shape index (κ2) is 8.58. The van der Waals surface area contributed by atoms with Crippen LogP contribution in [0.3, 0.4) is 0 Å². The van der Waals surface area contributed by atoms with Crippen LogP contribution in [0.25, 0.3) is 0 Å². The van der Waals surface area contributed by atoms with E-state index < -0.39 is 0 Å². The van der Waals surface area contributed by atoms with Crippen molar-refractivity contribution in [2.45, 2.75) is 25.7 Å². The van der Waals surface area contributed by atoms with Gasteiger partial charge < -0.3 is 13.9 Å². The molecule has 0 amide bonds. The van der Waals surface area contributed by atoms with E-state index in [1.165, 1.54) is 11.8 Å². The van der Waals surface area contributed by atoms with Crippen molar-refractivity contribution in [1.29, 1.82) is 0 Å². The Morgan fingerprint density at radius 3 is 2.72 bits per heavy atom. The summed E-state index contributed by atoms with van der Waals surface area (Å²) in [5.41, 5.74) is 2.27. The Hall–Kier alpha value is -2.47. The lowest BCUT2D eigenvalue weighted by molar-refractivity contribution is 0.252. The van der Waals surface area contributed by atoms with Crippen LogP contribution >= 0.6 is 11.8 Å². The van der Waals surface area contributed by atoms with Gasteiger partial charge in [-0.25, -0.2) is 0 Å². The van der Waals surface area contributed by atoms with Crippen LogP contribution in [-0.2, 0) is 6.61 Å². The average Bonchev–Trinajstić information content (AvgIpc) is 3.06. The third kappa shape index (κ3) is 5.26. The first kappa shape index (κ1) is 17.4. The molecular formula is C19H20N2O3S. The Morgan fingerprint density at radius 1 is 1.00 bits per heavy atom. The van der Waals surface area contributed by atoms with Crippen LogP contribution in [0, 0.1) is 13.8 Å². The van der Waals surface area contributed by atoms with E-state index in [2.05, 4.69) is 10.2 Å². The van der Waals surface area contributed by atoms with Gasteiger partial charge in [0, 0.05) is 5.75 Å². The Labute approximate surface area is 151 Å². The number of rotatable bonds is 8. The standard InChI is InChI=1S/C19H20N2O3S/c1-14-6-5-8-16(12-14)23-13-18-20-21-19(24-18)25-11-10-22-17-9-4-3-7-15(17)2/h3-9,12H,10-11,13H2,1-2H3. The van der Waals surface area contributed by atoms with Crippen molar-refractivity contribution >= 4 is 11.8 Å². The lowest BCUT2D eigenvalue weighted by Gasteiger charge is -2.07. The van der Waals surface area contributed by atoms with Gasteiger partial charge in [-0.15, -0.1) is 10.2 Å². The first-order valence-corrected chi connectivity index (χ1v) is 9.02. The van der Waals surface area contributed by atoms with Gasteiger partial charge in [0.15, 0.2) is 6.61 Å². The number of aromatic nitrogens is 2. The van der Waals surface area contributed by atoms with Crippen molar-refractivity contribution in [3.8, 4) is 11.5 Å². The molecule has 0 atom stereocenters. The van der Waals surface area contributed by atoms with Gasteiger partial charge in [0.05, 0.1) is 6.61 Å². The van der Waals surface area contributed by atoms with Crippen LogP contribution in [-0.4, -0.2) is 22.6 Å². The molecule has 0 aliphatic rings. The van der Waals surface area contributed by atoms with E-state index in [4.69, 9.17) is 13.9 Å². The monoisotopic (exact) mass is 356 g/mol. The van der Waals surface area contributed by atoms with Crippen LogP contribution in [0.5, 0.6) is 11.5 Å². The Morgan fingerprint density at radius 2 is 1.88 bits per heavy atom. The molecule has 3 rings (SSSR count). The molecule has 2 aromatic carbocycles. The van der Waals surface area contributed by atoms with Gasteiger partial charge in [-0.05, 0) is 43.2 Å². The normalized spacial score (nSPS) is 10.6. The maximum Gasteiger partial charge on any atom is 0.276 e. The van der Waals surface area contributed by atoms with Gasteiger partial charge in [0.25, 0.3) is 11.1 Å². The molecule has 0 aliphatic heterocycles. The fraction of sp³-hybridized carbons (Fsp3) is 0.263. The van der Waals surface area contributed by atoms with Crippen LogP contribution in [0.2, 0.25) is 0 Å². The molecule has 0 N–H and O–H groups in total. The number of nitrogens with zero attached hydrogens (tertiary/aromatic N) is 2. The highest BCUT2D eigenvalue weighted by atomic mass is 32.2. The van der Waals surface area contributed by atoms with Crippen molar-refractivity contribution in [2.75, 3.05) is 12.4 Å². The smallest absolute Gasteiger partial charge is 0.276 e. The number of aryl methyl sites for hydroxylation is 2. The summed E-state index contributed by atoms with van der Waals surface area (Å²) < 4.78 is 17.0. The van der Waals surface area contributed by atoms with Crippen molar-refractivity contribution in [3.63, 3.8) is 0 Å². The van der Waals surface area contributed by atoms with Crippen LogP contribution in [0.15, 0.2) is 58.2 Å². The van der Waals surface area contributed by atoms with Crippen molar-refractivity contribution < 1.29 is 13.9 Å². The lowest BCUT2D eigenvalue weighted by atomic mass is 10.2. The summed E-state index contributed by atoms with van der Waals surface area (Å²) in [5, 5.41) is 8.54. The molecular weight excluding hydrogens is 336 g/mol. The molecule has 1 heterocycles. The third-order valence-electron chi connectivity index (χ3n) is 3.46. The van der Waals surface area contributed by atoms with E-state index in [-0.39, 0.29) is 6.61 Å². The molecule has 25 heavy (non-hydrogen) atoms. The molecule has 0 saturated carbocycles. The SMILES string of the molecule is Cc1cccc(OCc2nnc(SCCOc3ccccc3C)o2)c1. The molecule has 5 nitrogen and oxygen atoms in total. The largest absolute Gasteiger partial charge is 0.492 e. The second-order valence-corrected chi connectivity index (χ2v) is 6.58. The second-order valence-electron chi connectivity index (χ2n) is 5.53. The van der Waals surface area contributed by atoms with Crippen molar-refractivity contribution in [1.82, 2.24) is 10.2 Å². The predicted molar refractivity (Wildman–Crippen MR) is 97.2 cm³/mol. The zero-order chi connectivity index (χ0) is 17.5. The fourth-order valence-electron chi connectivity index (χ4n) is 2.20. The van der Waals surface area contributed by atoms with Gasteiger partial charge in [-0.2, -0.15) is 0 Å². The minimum Gasteiger partial charge on any atom is -0.492 e. The summed E-state index contributed by atoms with van der Waals surface area (Å²) in [7, 11) is 0. The summed E-state index contributed by atoms with van der Waals surface area (Å²) in [6, 6.07) is 15.8. The average molecular weight is 356 g/mol. The summed E-state index contributed by atoms with van der Waals surface area (Å²) in [6.07, 6.45) is 0. The molecule has 0 fully saturated rings. The quantitative estimate of drug-likeness (QED) is 0.439. The highest BCUT2D eigenvalue weighted by molar-refractivity contribution is 7.99. The van der Waals surface area contributed by atoms with Crippen molar-refractivity contribution in [2.24, 2.45) is 0 Å². The van der Waals surface area contributed by atoms with E-state index >= 15 is 0 Å². The molecule has 0 spiro atoms. The van der Waals surface area contributed by atoms with E-state index in [1.54, 1.807) is 0 Å². The number of benzene rings is 2. The number of ether oxygens (including phenoxy) is 2. The minimum atomic E-state index is 0.261. The van der Waals surface area contributed by atoms with Gasteiger partial charge in [-0.3, -0.25) is 0 Å². The van der Waals surface area contributed by atoms with Crippen LogP contribution < -0.4 is 9.47 Å². The Kier molecular flexibility index (Phi) is 5.95. The van der Waals surface area contributed by atoms with Crippen molar-refractivity contribution in [3.05, 3.63) is 65.5 Å². The zero-order valence-corrected chi connectivity index (χ0v) is 15.1. The van der Waals surface area contributed by atoms with E-state index in [9.17, 15) is 0 Å². The third-order valence-corrected chi connectivity index (χ3v) is 4.24. The number of thioether (sulfide) groups is 1. The molecule has 0 radical (unpaired) electrons. The molecule has 0 bridgehead atoms. The summed E-state index contributed by atoms with van der Waals surface area (Å²) in [6.45, 7) is 4.89. The maximum atomic E-state index is 5.75. The van der Waals surface area contributed by atoms with E-state index in [0.29, 0.717) is 17.7 Å². The van der Waals surface area contributed by atoms with E-state index in [1.807, 2.05) is 62.4 Å². The molecule has 0 unspecified atom stereocenters. The summed E-state index contributed by atoms with van der Waals surface area (Å²) in [4.78, 5) is 0. The minimum absolute atomic E-state index is 0.261. The summed E-state index contributed by atoms with van der Waals surface area (Å²) in [5.74, 6) is 2.89. The lowest BCUT2D eigenvalue weighted by Crippen LogP contribution is -2.01.